The van der Waals surface area contributed by atoms with Gasteiger partial charge in [0.05, 0.1) is 16.1 Å². The third kappa shape index (κ3) is 2.84. The SMILES string of the molecule is N#Cc1ccc(Oc2ccccc2C(N)=O)cc1Cl. The van der Waals surface area contributed by atoms with Crippen molar-refractivity contribution in [1.29, 1.82) is 5.26 Å². The molecule has 1 amide bonds. The second kappa shape index (κ2) is 5.42. The molecule has 0 aliphatic carbocycles. The molecule has 0 unspecified atom stereocenters. The Bertz CT molecular complexity index is 677. The van der Waals surface area contributed by atoms with Crippen LogP contribution in [0.25, 0.3) is 0 Å². The lowest BCUT2D eigenvalue weighted by Gasteiger charge is -2.09. The van der Waals surface area contributed by atoms with Crippen LogP contribution in [0.2, 0.25) is 5.02 Å². The van der Waals surface area contributed by atoms with E-state index in [-0.39, 0.29) is 10.6 Å². The van der Waals surface area contributed by atoms with Crippen LogP contribution in [0, 0.1) is 11.3 Å². The summed E-state index contributed by atoms with van der Waals surface area (Å²) in [6, 6.07) is 13.2. The highest BCUT2D eigenvalue weighted by molar-refractivity contribution is 6.31. The zero-order valence-electron chi connectivity index (χ0n) is 9.76. The van der Waals surface area contributed by atoms with E-state index >= 15 is 0 Å². The average molecular weight is 273 g/mol. The lowest BCUT2D eigenvalue weighted by atomic mass is 10.2. The second-order valence-electron chi connectivity index (χ2n) is 3.72. The molecule has 19 heavy (non-hydrogen) atoms. The maximum atomic E-state index is 11.3. The van der Waals surface area contributed by atoms with Crippen LogP contribution in [0.4, 0.5) is 0 Å². The zero-order valence-corrected chi connectivity index (χ0v) is 10.5. The molecule has 0 aliphatic heterocycles. The van der Waals surface area contributed by atoms with Gasteiger partial charge in [-0.25, -0.2) is 0 Å². The van der Waals surface area contributed by atoms with Crippen LogP contribution in [0.5, 0.6) is 11.5 Å². The fraction of sp³-hybridized carbons (Fsp3) is 0. The zero-order chi connectivity index (χ0) is 13.8. The van der Waals surface area contributed by atoms with E-state index in [1.807, 2.05) is 6.07 Å². The van der Waals surface area contributed by atoms with Crippen molar-refractivity contribution in [1.82, 2.24) is 0 Å². The van der Waals surface area contributed by atoms with Crippen molar-refractivity contribution >= 4 is 17.5 Å². The Balaban J connectivity index is 2.34. The summed E-state index contributed by atoms with van der Waals surface area (Å²) < 4.78 is 5.56. The number of nitrogens with zero attached hydrogens (tertiary/aromatic N) is 1. The fourth-order valence-corrected chi connectivity index (χ4v) is 1.75. The van der Waals surface area contributed by atoms with E-state index in [4.69, 9.17) is 27.3 Å². The number of benzene rings is 2. The number of primary amides is 1. The molecule has 0 bridgehead atoms. The Hall–Kier alpha value is -2.51. The van der Waals surface area contributed by atoms with E-state index in [9.17, 15) is 4.79 Å². The van der Waals surface area contributed by atoms with Gasteiger partial charge in [-0.05, 0) is 24.3 Å². The second-order valence-corrected chi connectivity index (χ2v) is 4.12. The molecule has 4 nitrogen and oxygen atoms in total. The summed E-state index contributed by atoms with van der Waals surface area (Å²) in [6.45, 7) is 0. The van der Waals surface area contributed by atoms with Crippen molar-refractivity contribution < 1.29 is 9.53 Å². The highest BCUT2D eigenvalue weighted by atomic mass is 35.5. The van der Waals surface area contributed by atoms with E-state index < -0.39 is 5.91 Å². The molecule has 0 atom stereocenters. The van der Waals surface area contributed by atoms with Crippen LogP contribution < -0.4 is 10.5 Å². The number of ether oxygens (including phenoxy) is 1. The number of nitrogens with two attached hydrogens (primary N) is 1. The number of carbonyl (C=O) groups excluding carboxylic acids is 1. The van der Waals surface area contributed by atoms with Crippen molar-refractivity contribution in [3.63, 3.8) is 0 Å². The van der Waals surface area contributed by atoms with Gasteiger partial charge in [0.15, 0.2) is 0 Å². The van der Waals surface area contributed by atoms with Gasteiger partial charge < -0.3 is 10.5 Å². The topological polar surface area (TPSA) is 76.1 Å². The molecule has 0 saturated heterocycles. The lowest BCUT2D eigenvalue weighted by Crippen LogP contribution is -2.11. The minimum absolute atomic E-state index is 0.281. The maximum Gasteiger partial charge on any atom is 0.252 e. The van der Waals surface area contributed by atoms with Crippen LogP contribution in [-0.2, 0) is 0 Å². The Morgan fingerprint density at radius 2 is 2.00 bits per heavy atom. The van der Waals surface area contributed by atoms with Gasteiger partial charge in [0.25, 0.3) is 5.91 Å². The number of amides is 1. The lowest BCUT2D eigenvalue weighted by molar-refractivity contribution is 0.0998. The minimum atomic E-state index is -0.574. The number of hydrogen-bond acceptors (Lipinski definition) is 3. The molecule has 0 aromatic heterocycles. The standard InChI is InChI=1S/C14H9ClN2O2/c15-12-7-10(6-5-9(12)8-16)19-13-4-2-1-3-11(13)14(17)18/h1-7H,(H2,17,18). The Kier molecular flexibility index (Phi) is 3.69. The highest BCUT2D eigenvalue weighted by Gasteiger charge is 2.10. The molecule has 94 valence electrons. The average Bonchev–Trinajstić information content (AvgIpc) is 2.39. The first-order valence-electron chi connectivity index (χ1n) is 5.38. The van der Waals surface area contributed by atoms with Crippen LogP contribution in [-0.4, -0.2) is 5.91 Å². The first kappa shape index (κ1) is 12.9. The number of para-hydroxylation sites is 1. The summed E-state index contributed by atoms with van der Waals surface area (Å²) in [7, 11) is 0. The van der Waals surface area contributed by atoms with Gasteiger partial charge in [0.2, 0.25) is 0 Å². The van der Waals surface area contributed by atoms with Gasteiger partial charge in [-0.15, -0.1) is 0 Å². The van der Waals surface area contributed by atoms with Gasteiger partial charge in [0, 0.05) is 6.07 Å². The molecule has 2 aromatic rings. The van der Waals surface area contributed by atoms with Gasteiger partial charge in [0.1, 0.15) is 17.6 Å². The van der Waals surface area contributed by atoms with E-state index in [0.29, 0.717) is 17.1 Å². The van der Waals surface area contributed by atoms with Crippen molar-refractivity contribution in [3.8, 4) is 17.6 Å². The smallest absolute Gasteiger partial charge is 0.252 e. The highest BCUT2D eigenvalue weighted by Crippen LogP contribution is 2.28. The monoisotopic (exact) mass is 272 g/mol. The summed E-state index contributed by atoms with van der Waals surface area (Å²) in [6.07, 6.45) is 0. The van der Waals surface area contributed by atoms with Crippen molar-refractivity contribution in [2.75, 3.05) is 0 Å². The molecule has 0 aliphatic rings. The Morgan fingerprint density at radius 1 is 1.26 bits per heavy atom. The van der Waals surface area contributed by atoms with Crippen molar-refractivity contribution in [3.05, 3.63) is 58.6 Å². The number of carbonyl (C=O) groups is 1. The van der Waals surface area contributed by atoms with Crippen LogP contribution in [0.3, 0.4) is 0 Å². The van der Waals surface area contributed by atoms with E-state index in [1.165, 1.54) is 6.07 Å². The summed E-state index contributed by atoms with van der Waals surface area (Å²) in [5, 5.41) is 9.07. The number of nitriles is 1. The Morgan fingerprint density at radius 3 is 2.63 bits per heavy atom. The third-order valence-electron chi connectivity index (χ3n) is 2.44. The molecule has 0 fully saturated rings. The number of hydrogen-bond donors (Lipinski definition) is 1. The largest absolute Gasteiger partial charge is 0.456 e. The van der Waals surface area contributed by atoms with E-state index in [2.05, 4.69) is 0 Å². The molecule has 2 aromatic carbocycles. The van der Waals surface area contributed by atoms with Gasteiger partial charge in [-0.2, -0.15) is 5.26 Å². The summed E-state index contributed by atoms with van der Waals surface area (Å²) >= 11 is 5.90. The van der Waals surface area contributed by atoms with E-state index in [1.54, 1.807) is 36.4 Å². The molecule has 0 spiro atoms. The predicted octanol–water partition coefficient (Wildman–Crippen LogP) is 3.10. The normalized spacial score (nSPS) is 9.68. The van der Waals surface area contributed by atoms with Crippen LogP contribution >= 0.6 is 11.6 Å². The minimum Gasteiger partial charge on any atom is -0.456 e. The Labute approximate surface area is 115 Å². The molecule has 0 radical (unpaired) electrons. The summed E-state index contributed by atoms with van der Waals surface area (Å²) in [5.74, 6) is 0.198. The molecular weight excluding hydrogens is 264 g/mol. The molecule has 0 saturated carbocycles. The number of rotatable bonds is 3. The first-order valence-corrected chi connectivity index (χ1v) is 5.76. The number of halogens is 1. The maximum absolute atomic E-state index is 11.3. The first-order chi connectivity index (χ1) is 9.11. The van der Waals surface area contributed by atoms with Gasteiger partial charge in [-0.1, -0.05) is 23.7 Å². The summed E-state index contributed by atoms with van der Waals surface area (Å²) in [4.78, 5) is 11.3. The third-order valence-corrected chi connectivity index (χ3v) is 2.75. The van der Waals surface area contributed by atoms with Gasteiger partial charge in [-0.3, -0.25) is 4.79 Å². The summed E-state index contributed by atoms with van der Waals surface area (Å²) in [5.41, 5.74) is 5.89. The molecular formula is C14H9ClN2O2. The van der Waals surface area contributed by atoms with E-state index in [0.717, 1.165) is 0 Å². The predicted molar refractivity (Wildman–Crippen MR) is 71.2 cm³/mol. The van der Waals surface area contributed by atoms with Crippen LogP contribution in [0.1, 0.15) is 15.9 Å². The van der Waals surface area contributed by atoms with Crippen molar-refractivity contribution in [2.24, 2.45) is 5.73 Å². The molecule has 5 heteroatoms. The van der Waals surface area contributed by atoms with Crippen LogP contribution in [0.15, 0.2) is 42.5 Å². The van der Waals surface area contributed by atoms with Crippen molar-refractivity contribution in [2.45, 2.75) is 0 Å². The fourth-order valence-electron chi connectivity index (χ4n) is 1.54. The molecule has 2 N–H and O–H groups in total. The molecule has 2 rings (SSSR count). The van der Waals surface area contributed by atoms with Gasteiger partial charge >= 0.3 is 0 Å². The quantitative estimate of drug-likeness (QED) is 0.933. The molecule has 0 heterocycles.